The van der Waals surface area contributed by atoms with Crippen LogP contribution in [-0.4, -0.2) is 37.0 Å². The summed E-state index contributed by atoms with van der Waals surface area (Å²) in [5.74, 6) is -1.26. The van der Waals surface area contributed by atoms with Crippen LogP contribution in [0.25, 0.3) is 0 Å². The minimum absolute atomic E-state index is 0.256. The minimum atomic E-state index is -0.905. The molecule has 3 N–H and O–H groups in total. The van der Waals surface area contributed by atoms with Gasteiger partial charge >= 0.3 is 0 Å². The first-order chi connectivity index (χ1) is 15.4. The molecule has 0 aliphatic carbocycles. The lowest BCUT2D eigenvalue weighted by molar-refractivity contribution is -0.131. The number of para-hydroxylation sites is 2. The maximum absolute atomic E-state index is 12.7. The molecule has 1 unspecified atom stereocenters. The average Bonchev–Trinajstić information content (AvgIpc) is 2.80. The van der Waals surface area contributed by atoms with Gasteiger partial charge in [0.25, 0.3) is 17.7 Å². The monoisotopic (exact) mass is 438 g/mol. The van der Waals surface area contributed by atoms with E-state index < -0.39 is 30.4 Å². The predicted molar refractivity (Wildman–Crippen MR) is 117 cm³/mol. The molecule has 1 atom stereocenters. The summed E-state index contributed by atoms with van der Waals surface area (Å²) in [7, 11) is 0. The Kier molecular flexibility index (Phi) is 9.05. The van der Waals surface area contributed by atoms with Crippen LogP contribution in [-0.2, 0) is 9.59 Å². The molecule has 2 aromatic rings. The molecule has 2 rings (SSSR count). The molecular weight excluding hydrogens is 412 g/mol. The Hall–Kier alpha value is -4.06. The van der Waals surface area contributed by atoms with Crippen molar-refractivity contribution in [3.8, 4) is 17.6 Å². The van der Waals surface area contributed by atoms with Crippen LogP contribution in [0.15, 0.2) is 48.5 Å². The van der Waals surface area contributed by atoms with Crippen molar-refractivity contribution in [3.05, 3.63) is 59.7 Å². The summed E-state index contributed by atoms with van der Waals surface area (Å²) in [6, 6.07) is 14.3. The normalized spacial score (nSPS) is 11.1. The highest BCUT2D eigenvalue weighted by Gasteiger charge is 2.26. The first-order valence-corrected chi connectivity index (χ1v) is 10.1. The minimum Gasteiger partial charge on any atom is -0.493 e. The molecule has 0 saturated heterocycles. The van der Waals surface area contributed by atoms with Crippen molar-refractivity contribution in [1.29, 1.82) is 5.26 Å². The number of carbonyl (C=O) groups is 3. The maximum atomic E-state index is 12.7. The van der Waals surface area contributed by atoms with Crippen LogP contribution in [0, 0.1) is 17.2 Å². The van der Waals surface area contributed by atoms with E-state index in [1.807, 2.05) is 13.0 Å². The molecular formula is C23H26N4O5. The van der Waals surface area contributed by atoms with E-state index in [0.717, 1.165) is 0 Å². The van der Waals surface area contributed by atoms with E-state index in [1.165, 1.54) is 0 Å². The van der Waals surface area contributed by atoms with Crippen LogP contribution in [0.2, 0.25) is 0 Å². The molecule has 0 fully saturated rings. The molecule has 0 heterocycles. The Labute approximate surface area is 186 Å². The number of hydrogen-bond donors (Lipinski definition) is 3. The number of rotatable bonds is 9. The number of ether oxygens (including phenoxy) is 2. The Morgan fingerprint density at radius 2 is 1.62 bits per heavy atom. The molecule has 9 nitrogen and oxygen atoms in total. The molecule has 0 bridgehead atoms. The fourth-order valence-corrected chi connectivity index (χ4v) is 2.76. The SMILES string of the molecule is CCOc1ccccc1C(=O)NC(C(=O)NNC(=O)COc1ccccc1C#N)C(C)C. The maximum Gasteiger partial charge on any atom is 0.276 e. The fraction of sp³-hybridized carbons (Fsp3) is 0.304. The van der Waals surface area contributed by atoms with Gasteiger partial charge in [-0.05, 0) is 37.1 Å². The van der Waals surface area contributed by atoms with Crippen LogP contribution in [0.5, 0.6) is 11.5 Å². The molecule has 0 saturated carbocycles. The first-order valence-electron chi connectivity index (χ1n) is 10.1. The zero-order valence-corrected chi connectivity index (χ0v) is 18.2. The van der Waals surface area contributed by atoms with Crippen molar-refractivity contribution in [2.45, 2.75) is 26.8 Å². The summed E-state index contributed by atoms with van der Waals surface area (Å²) in [5, 5.41) is 11.7. The molecule has 32 heavy (non-hydrogen) atoms. The predicted octanol–water partition coefficient (Wildman–Crippen LogP) is 1.94. The van der Waals surface area contributed by atoms with Gasteiger partial charge in [-0.25, -0.2) is 0 Å². The smallest absolute Gasteiger partial charge is 0.276 e. The number of hydrogen-bond acceptors (Lipinski definition) is 6. The second-order valence-corrected chi connectivity index (χ2v) is 7.06. The van der Waals surface area contributed by atoms with Gasteiger partial charge in [0.1, 0.15) is 23.6 Å². The van der Waals surface area contributed by atoms with Gasteiger partial charge < -0.3 is 14.8 Å². The third-order valence-corrected chi connectivity index (χ3v) is 4.36. The second-order valence-electron chi connectivity index (χ2n) is 7.06. The van der Waals surface area contributed by atoms with Crippen molar-refractivity contribution >= 4 is 17.7 Å². The highest BCUT2D eigenvalue weighted by Crippen LogP contribution is 2.18. The summed E-state index contributed by atoms with van der Waals surface area (Å²) < 4.78 is 10.8. The van der Waals surface area contributed by atoms with Crippen molar-refractivity contribution in [1.82, 2.24) is 16.2 Å². The summed E-state index contributed by atoms with van der Waals surface area (Å²) in [5.41, 5.74) is 5.14. The van der Waals surface area contributed by atoms with E-state index >= 15 is 0 Å². The zero-order chi connectivity index (χ0) is 23.5. The number of benzene rings is 2. The van der Waals surface area contributed by atoms with Gasteiger partial charge in [0.2, 0.25) is 0 Å². The standard InChI is InChI=1S/C23H26N4O5/c1-4-31-19-12-8-6-10-17(19)22(29)25-21(15(2)3)23(30)27-26-20(28)14-32-18-11-7-5-9-16(18)13-24/h5-12,15,21H,4,14H2,1-3H3,(H,25,29)(H,26,28)(H,27,30). The van der Waals surface area contributed by atoms with Crippen molar-refractivity contribution in [2.24, 2.45) is 5.92 Å². The van der Waals surface area contributed by atoms with Gasteiger partial charge in [0.15, 0.2) is 6.61 Å². The average molecular weight is 438 g/mol. The number of amides is 3. The highest BCUT2D eigenvalue weighted by molar-refractivity contribution is 5.99. The van der Waals surface area contributed by atoms with Crippen LogP contribution >= 0.6 is 0 Å². The van der Waals surface area contributed by atoms with Crippen molar-refractivity contribution in [2.75, 3.05) is 13.2 Å². The summed E-state index contributed by atoms with van der Waals surface area (Å²) in [6.07, 6.45) is 0. The quantitative estimate of drug-likeness (QED) is 0.513. The van der Waals surface area contributed by atoms with Crippen LogP contribution < -0.4 is 25.6 Å². The number of nitrogens with one attached hydrogen (secondary N) is 3. The van der Waals surface area contributed by atoms with Crippen molar-refractivity contribution < 1.29 is 23.9 Å². The van der Waals surface area contributed by atoms with Gasteiger partial charge in [-0.1, -0.05) is 38.1 Å². The number of nitriles is 1. The third-order valence-electron chi connectivity index (χ3n) is 4.36. The number of carbonyl (C=O) groups excluding carboxylic acids is 3. The topological polar surface area (TPSA) is 130 Å². The number of hydrazine groups is 1. The molecule has 0 spiro atoms. The molecule has 0 radical (unpaired) electrons. The van der Waals surface area contributed by atoms with Gasteiger partial charge in [-0.2, -0.15) is 5.26 Å². The van der Waals surface area contributed by atoms with E-state index in [0.29, 0.717) is 23.5 Å². The molecule has 2 aromatic carbocycles. The lowest BCUT2D eigenvalue weighted by atomic mass is 10.0. The zero-order valence-electron chi connectivity index (χ0n) is 18.2. The molecule has 9 heteroatoms. The van der Waals surface area contributed by atoms with Crippen molar-refractivity contribution in [3.63, 3.8) is 0 Å². The number of nitrogens with zero attached hydrogens (tertiary/aromatic N) is 1. The van der Waals surface area contributed by atoms with E-state index in [9.17, 15) is 14.4 Å². The molecule has 3 amide bonds. The van der Waals surface area contributed by atoms with Crippen LogP contribution in [0.1, 0.15) is 36.7 Å². The Morgan fingerprint density at radius 3 is 2.28 bits per heavy atom. The largest absolute Gasteiger partial charge is 0.493 e. The van der Waals surface area contributed by atoms with E-state index in [4.69, 9.17) is 14.7 Å². The van der Waals surface area contributed by atoms with E-state index in [1.54, 1.807) is 62.4 Å². The lowest BCUT2D eigenvalue weighted by Gasteiger charge is -2.22. The molecule has 0 aliphatic rings. The van der Waals surface area contributed by atoms with E-state index in [2.05, 4.69) is 16.2 Å². The molecule has 168 valence electrons. The lowest BCUT2D eigenvalue weighted by Crippen LogP contribution is -2.55. The third kappa shape index (κ3) is 6.74. The summed E-state index contributed by atoms with van der Waals surface area (Å²) in [4.78, 5) is 37.3. The van der Waals surface area contributed by atoms with Crippen LogP contribution in [0.4, 0.5) is 0 Å². The Bertz CT molecular complexity index is 1000. The van der Waals surface area contributed by atoms with Gasteiger partial charge in [0, 0.05) is 0 Å². The van der Waals surface area contributed by atoms with Gasteiger partial charge in [0.05, 0.1) is 17.7 Å². The first kappa shape index (κ1) is 24.2. The van der Waals surface area contributed by atoms with Crippen LogP contribution in [0.3, 0.4) is 0 Å². The Morgan fingerprint density at radius 1 is 0.969 bits per heavy atom. The summed E-state index contributed by atoms with van der Waals surface area (Å²) >= 11 is 0. The fourth-order valence-electron chi connectivity index (χ4n) is 2.76. The van der Waals surface area contributed by atoms with Gasteiger partial charge in [-0.15, -0.1) is 0 Å². The second kappa shape index (κ2) is 12.0. The Balaban J connectivity index is 1.93. The van der Waals surface area contributed by atoms with Gasteiger partial charge in [-0.3, -0.25) is 25.2 Å². The summed E-state index contributed by atoms with van der Waals surface area (Å²) in [6.45, 7) is 5.33. The molecule has 0 aliphatic heterocycles. The molecule has 0 aromatic heterocycles. The highest BCUT2D eigenvalue weighted by atomic mass is 16.5. The van der Waals surface area contributed by atoms with E-state index in [-0.39, 0.29) is 11.7 Å².